The highest BCUT2D eigenvalue weighted by molar-refractivity contribution is 7.10. The molecule has 0 radical (unpaired) electrons. The van der Waals surface area contributed by atoms with Crippen molar-refractivity contribution in [1.82, 2.24) is 0 Å². The summed E-state index contributed by atoms with van der Waals surface area (Å²) in [4.78, 5) is 1.15. The zero-order chi connectivity index (χ0) is 9.82. The van der Waals surface area contributed by atoms with Gasteiger partial charge >= 0.3 is 0 Å². The Morgan fingerprint density at radius 2 is 1.75 bits per heavy atom. The molecule has 1 aromatic heterocycles. The molecule has 0 atom stereocenters. The summed E-state index contributed by atoms with van der Waals surface area (Å²) in [5.74, 6) is 5.79. The minimum Gasteiger partial charge on any atom is -0.135 e. The summed E-state index contributed by atoms with van der Waals surface area (Å²) in [6, 6.07) is 4.02. The van der Waals surface area contributed by atoms with Gasteiger partial charge in [0.15, 0.2) is 0 Å². The van der Waals surface area contributed by atoms with Gasteiger partial charge in [-0.3, -0.25) is 0 Å². The summed E-state index contributed by atoms with van der Waals surface area (Å²) in [7, 11) is 0. The first-order chi connectivity index (χ1) is 5.93. The summed E-state index contributed by atoms with van der Waals surface area (Å²) in [5.41, 5.74) is 0. The first-order valence-corrected chi connectivity index (χ1v) is 5.27. The zero-order valence-corrected chi connectivity index (χ0v) is 9.46. The van der Waals surface area contributed by atoms with Crippen LogP contribution < -0.4 is 0 Å². The van der Waals surface area contributed by atoms with Crippen LogP contribution in [0.1, 0.15) is 39.5 Å². The Morgan fingerprint density at radius 1 is 1.17 bits per heavy atom. The van der Waals surface area contributed by atoms with Gasteiger partial charge in [-0.05, 0) is 18.4 Å². The molecule has 12 heavy (non-hydrogen) atoms. The van der Waals surface area contributed by atoms with Gasteiger partial charge in [0.25, 0.3) is 0 Å². The van der Waals surface area contributed by atoms with Crippen LogP contribution in [0.15, 0.2) is 17.5 Å². The van der Waals surface area contributed by atoms with Crippen molar-refractivity contribution in [3.05, 3.63) is 22.4 Å². The minimum absolute atomic E-state index is 1.15. The molecule has 0 unspecified atom stereocenters. The van der Waals surface area contributed by atoms with E-state index < -0.39 is 0 Å². The highest BCUT2D eigenvalue weighted by Gasteiger charge is 1.80. The van der Waals surface area contributed by atoms with Crippen molar-refractivity contribution in [2.45, 2.75) is 34.6 Å². The standard InChI is InChI=1S/C7H6S.2C2H6/c1-2-4-7-5-3-6-8-7;2*1-2/h3,5-6H,1H3;2*1-2H3. The van der Waals surface area contributed by atoms with Gasteiger partial charge in [-0.15, -0.1) is 17.3 Å². The van der Waals surface area contributed by atoms with Crippen LogP contribution in [-0.4, -0.2) is 0 Å². The van der Waals surface area contributed by atoms with Gasteiger partial charge in [0, 0.05) is 0 Å². The van der Waals surface area contributed by atoms with Gasteiger partial charge in [-0.25, -0.2) is 0 Å². The van der Waals surface area contributed by atoms with Gasteiger partial charge in [-0.2, -0.15) is 0 Å². The predicted octanol–water partition coefficient (Wildman–Crippen LogP) is 4.17. The van der Waals surface area contributed by atoms with Crippen LogP contribution in [0.5, 0.6) is 0 Å². The Labute approximate surface area is 80.6 Å². The quantitative estimate of drug-likeness (QED) is 0.528. The van der Waals surface area contributed by atoms with Crippen LogP contribution in [0.3, 0.4) is 0 Å². The first kappa shape index (κ1) is 13.8. The van der Waals surface area contributed by atoms with Crippen LogP contribution in [0.4, 0.5) is 0 Å². The Hall–Kier alpha value is -0.740. The van der Waals surface area contributed by atoms with Crippen LogP contribution in [0, 0.1) is 11.8 Å². The van der Waals surface area contributed by atoms with Gasteiger partial charge < -0.3 is 0 Å². The van der Waals surface area contributed by atoms with E-state index >= 15 is 0 Å². The lowest BCUT2D eigenvalue weighted by molar-refractivity contribution is 1.50. The molecule has 68 valence electrons. The van der Waals surface area contributed by atoms with E-state index in [4.69, 9.17) is 0 Å². The zero-order valence-electron chi connectivity index (χ0n) is 8.64. The molecule has 0 fully saturated rings. The van der Waals surface area contributed by atoms with E-state index in [9.17, 15) is 0 Å². The minimum atomic E-state index is 1.15. The second-order valence-electron chi connectivity index (χ2n) is 1.35. The third-order valence-electron chi connectivity index (χ3n) is 0.769. The molecule has 0 amide bonds. The molecule has 0 saturated carbocycles. The summed E-state index contributed by atoms with van der Waals surface area (Å²) in [5, 5.41) is 2.03. The molecule has 1 heteroatoms. The van der Waals surface area contributed by atoms with E-state index in [0.29, 0.717) is 0 Å². The Balaban J connectivity index is 0. The van der Waals surface area contributed by atoms with E-state index in [1.807, 2.05) is 52.1 Å². The first-order valence-electron chi connectivity index (χ1n) is 4.40. The topological polar surface area (TPSA) is 0 Å². The molecule has 1 heterocycles. The molecule has 0 aromatic carbocycles. The third kappa shape index (κ3) is 7.37. The number of hydrogen-bond acceptors (Lipinski definition) is 1. The molecule has 0 aliphatic heterocycles. The molecule has 0 bridgehead atoms. The van der Waals surface area contributed by atoms with Crippen molar-refractivity contribution in [1.29, 1.82) is 0 Å². The molecule has 0 nitrogen and oxygen atoms in total. The van der Waals surface area contributed by atoms with Crippen LogP contribution in [-0.2, 0) is 0 Å². The number of rotatable bonds is 0. The van der Waals surface area contributed by atoms with Gasteiger partial charge in [0.2, 0.25) is 0 Å². The highest BCUT2D eigenvalue weighted by atomic mass is 32.1. The Kier molecular flexibility index (Phi) is 14.9. The molecule has 0 N–H and O–H groups in total. The smallest absolute Gasteiger partial charge is 0.0768 e. The average molecular weight is 182 g/mol. The molecule has 0 saturated heterocycles. The predicted molar refractivity (Wildman–Crippen MR) is 59.6 cm³/mol. The molecular formula is C11H18S. The van der Waals surface area contributed by atoms with Crippen molar-refractivity contribution in [3.8, 4) is 11.8 Å². The fourth-order valence-corrected chi connectivity index (χ4v) is 1.09. The lowest BCUT2D eigenvalue weighted by atomic mass is 10.5. The van der Waals surface area contributed by atoms with Crippen molar-refractivity contribution in [2.24, 2.45) is 0 Å². The monoisotopic (exact) mass is 182 g/mol. The second-order valence-corrected chi connectivity index (χ2v) is 2.30. The highest BCUT2D eigenvalue weighted by Crippen LogP contribution is 2.04. The normalized spacial score (nSPS) is 6.08. The molecule has 0 aliphatic carbocycles. The number of hydrogen-bond donors (Lipinski definition) is 0. The van der Waals surface area contributed by atoms with Gasteiger partial charge in [0.05, 0.1) is 4.88 Å². The third-order valence-corrected chi connectivity index (χ3v) is 1.55. The number of thiophene rings is 1. The Morgan fingerprint density at radius 3 is 2.08 bits per heavy atom. The van der Waals surface area contributed by atoms with Crippen molar-refractivity contribution < 1.29 is 0 Å². The van der Waals surface area contributed by atoms with Gasteiger partial charge in [0.1, 0.15) is 0 Å². The van der Waals surface area contributed by atoms with Crippen LogP contribution in [0.25, 0.3) is 0 Å². The molecule has 1 rings (SSSR count). The molecule has 0 aliphatic rings. The van der Waals surface area contributed by atoms with E-state index in [2.05, 4.69) is 11.8 Å². The fourth-order valence-electron chi connectivity index (χ4n) is 0.473. The molecular weight excluding hydrogens is 164 g/mol. The maximum Gasteiger partial charge on any atom is 0.0768 e. The van der Waals surface area contributed by atoms with Crippen molar-refractivity contribution >= 4 is 11.3 Å². The summed E-state index contributed by atoms with van der Waals surface area (Å²) >= 11 is 1.67. The lowest BCUT2D eigenvalue weighted by Crippen LogP contribution is -1.53. The molecule has 0 spiro atoms. The van der Waals surface area contributed by atoms with E-state index in [1.54, 1.807) is 11.3 Å². The lowest BCUT2D eigenvalue weighted by Gasteiger charge is -1.69. The maximum atomic E-state index is 2.96. The van der Waals surface area contributed by atoms with Crippen molar-refractivity contribution in [2.75, 3.05) is 0 Å². The largest absolute Gasteiger partial charge is 0.135 e. The van der Waals surface area contributed by atoms with E-state index in [0.717, 1.165) is 4.88 Å². The second kappa shape index (κ2) is 12.9. The SMILES string of the molecule is CC.CC.CC#Cc1cccs1. The van der Waals surface area contributed by atoms with Crippen LogP contribution >= 0.6 is 11.3 Å². The average Bonchev–Trinajstić information content (AvgIpc) is 2.65. The van der Waals surface area contributed by atoms with Crippen molar-refractivity contribution in [3.63, 3.8) is 0 Å². The van der Waals surface area contributed by atoms with E-state index in [1.165, 1.54) is 0 Å². The summed E-state index contributed by atoms with van der Waals surface area (Å²) < 4.78 is 0. The van der Waals surface area contributed by atoms with Crippen LogP contribution in [0.2, 0.25) is 0 Å². The van der Waals surface area contributed by atoms with Gasteiger partial charge in [-0.1, -0.05) is 39.7 Å². The van der Waals surface area contributed by atoms with E-state index in [-0.39, 0.29) is 0 Å². The summed E-state index contributed by atoms with van der Waals surface area (Å²) in [6.45, 7) is 9.85. The fraction of sp³-hybridized carbons (Fsp3) is 0.455. The molecule has 1 aromatic rings. The Bertz CT molecular complexity index is 199. The summed E-state index contributed by atoms with van der Waals surface area (Å²) in [6.07, 6.45) is 0. The maximum absolute atomic E-state index is 2.96.